The number of aromatic nitrogens is 2. The third-order valence-corrected chi connectivity index (χ3v) is 14.3. The lowest BCUT2D eigenvalue weighted by Gasteiger charge is -2.30. The van der Waals surface area contributed by atoms with E-state index in [9.17, 15) is 40.8 Å². The molecule has 0 spiro atoms. The van der Waals surface area contributed by atoms with Crippen molar-refractivity contribution in [1.29, 1.82) is 0 Å². The lowest BCUT2D eigenvalue weighted by atomic mass is 10.0. The average Bonchev–Trinajstić information content (AvgIpc) is 4.03. The van der Waals surface area contributed by atoms with Gasteiger partial charge in [-0.1, -0.05) is 49.3 Å². The second kappa shape index (κ2) is 16.1. The van der Waals surface area contributed by atoms with Crippen LogP contribution in [0.4, 0.5) is 18.0 Å². The van der Waals surface area contributed by atoms with Crippen LogP contribution in [-0.2, 0) is 35.3 Å². The Balaban J connectivity index is 1.15. The van der Waals surface area contributed by atoms with E-state index in [4.69, 9.17) is 13.9 Å². The molecule has 15 nitrogen and oxygen atoms in total. The fourth-order valence-corrected chi connectivity index (χ4v) is 9.45. The van der Waals surface area contributed by atoms with Crippen molar-refractivity contribution in [2.24, 2.45) is 5.92 Å². The minimum atomic E-state index is -4.57. The van der Waals surface area contributed by atoms with Gasteiger partial charge < -0.3 is 29.4 Å². The number of para-hydroxylation sites is 1. The maximum atomic E-state index is 14.7. The van der Waals surface area contributed by atoms with E-state index in [0.717, 1.165) is 18.6 Å². The summed E-state index contributed by atoms with van der Waals surface area (Å²) in [5, 5.41) is 6.11. The summed E-state index contributed by atoms with van der Waals surface area (Å²) in [5.74, 6) is -2.84. The summed E-state index contributed by atoms with van der Waals surface area (Å²) in [6.45, 7) is 6.39. The fraction of sp³-hybridized carbons (Fsp3) is 0.500. The Bertz CT molecular complexity index is 2600. The van der Waals surface area contributed by atoms with Gasteiger partial charge in [0.15, 0.2) is 5.82 Å². The van der Waals surface area contributed by atoms with Crippen LogP contribution in [0.1, 0.15) is 91.0 Å². The van der Waals surface area contributed by atoms with Crippen molar-refractivity contribution in [2.45, 2.75) is 126 Å². The van der Waals surface area contributed by atoms with Crippen LogP contribution < -0.4 is 20.1 Å². The zero-order chi connectivity index (χ0) is 45.1. The number of fused-ring (bicyclic) bond motifs is 5. The highest BCUT2D eigenvalue weighted by Gasteiger charge is 2.63. The number of halogens is 3. The number of amides is 4. The number of carbonyl (C=O) groups is 4. The largest absolute Gasteiger partial charge is 0.470 e. The quantitative estimate of drug-likeness (QED) is 0.167. The van der Waals surface area contributed by atoms with Gasteiger partial charge in [0.05, 0.1) is 16.9 Å². The van der Waals surface area contributed by atoms with Crippen LogP contribution in [0.3, 0.4) is 0 Å². The van der Waals surface area contributed by atoms with Crippen molar-refractivity contribution in [3.63, 3.8) is 0 Å². The Morgan fingerprint density at radius 2 is 1.73 bits per heavy atom. The number of sulfonamides is 1. The number of furan rings is 1. The van der Waals surface area contributed by atoms with Gasteiger partial charge in [0, 0.05) is 23.3 Å². The summed E-state index contributed by atoms with van der Waals surface area (Å²) in [7, 11) is -4.07. The standard InChI is InChI=1S/C44H49F3N6O9S/c1-41(2,3)62-40(57)48-30-14-9-7-5-6-8-12-27-23-43(27,39(56)52-63(58,59)42(4)20-21-42)51-36(54)31-22-28(24-53(31)38(30)55)60-37-34-33(29-13-10-11-15-32(29)61-34)49-35(50-37)25-16-18-26(19-17-25)44(45,46)47/h8,10-13,15-19,27-28,30-31H,5-7,9,14,20-24H2,1-4H3,(H,48,57)(H,51,54)(H,52,56)/b12-8-/t27-,28-,30+,31+,43-/m1/s1. The molecule has 1 saturated heterocycles. The molecule has 0 unspecified atom stereocenters. The van der Waals surface area contributed by atoms with Crippen molar-refractivity contribution in [2.75, 3.05) is 6.54 Å². The molecule has 2 aromatic carbocycles. The third kappa shape index (κ3) is 9.06. The summed E-state index contributed by atoms with van der Waals surface area (Å²) in [6.07, 6.45) is 0.871. The van der Waals surface area contributed by atoms with E-state index >= 15 is 0 Å². The van der Waals surface area contributed by atoms with E-state index in [-0.39, 0.29) is 48.7 Å². The van der Waals surface area contributed by atoms with Gasteiger partial charge in [0.1, 0.15) is 40.4 Å². The molecule has 5 atom stereocenters. The average molecular weight is 895 g/mol. The lowest BCUT2D eigenvalue weighted by molar-refractivity contribution is -0.141. The topological polar surface area (TPSA) is 199 Å². The van der Waals surface area contributed by atoms with Gasteiger partial charge in [-0.2, -0.15) is 18.2 Å². The lowest BCUT2D eigenvalue weighted by Crippen LogP contribution is -2.58. The molecule has 336 valence electrons. The summed E-state index contributed by atoms with van der Waals surface area (Å²) in [5.41, 5.74) is -2.27. The molecule has 8 rings (SSSR count). The first-order valence-corrected chi connectivity index (χ1v) is 22.5. The molecule has 4 aromatic rings. The van der Waals surface area contributed by atoms with E-state index < -0.39 is 85.6 Å². The minimum absolute atomic E-state index is 0.0249. The van der Waals surface area contributed by atoms with E-state index in [0.29, 0.717) is 48.6 Å². The molecule has 3 fully saturated rings. The van der Waals surface area contributed by atoms with Crippen LogP contribution in [0.25, 0.3) is 33.5 Å². The van der Waals surface area contributed by atoms with E-state index in [1.54, 1.807) is 52.0 Å². The first-order chi connectivity index (χ1) is 29.7. The molecule has 0 bridgehead atoms. The molecule has 3 N–H and O–H groups in total. The molecule has 0 radical (unpaired) electrons. The first kappa shape index (κ1) is 43.9. The predicted octanol–water partition coefficient (Wildman–Crippen LogP) is 6.70. The van der Waals surface area contributed by atoms with Gasteiger partial charge in [-0.05, 0) is 90.5 Å². The van der Waals surface area contributed by atoms with Crippen LogP contribution in [-0.4, -0.2) is 87.7 Å². The smallest absolute Gasteiger partial charge is 0.416 e. The SMILES string of the molecule is CC(C)(C)OC(=O)N[C@H]1CCCCC/C=C\[C@@H]2C[C@@]2(C(=O)NS(=O)(=O)C2(C)CC2)NC(=O)[C@@H]2C[C@@H](Oc3nc(-c4ccc(C(F)(F)F)cc4)nc4c3oc3ccccc34)CN2C1=O. The molecule has 63 heavy (non-hydrogen) atoms. The highest BCUT2D eigenvalue weighted by molar-refractivity contribution is 7.91. The second-order valence-corrected chi connectivity index (χ2v) is 20.3. The van der Waals surface area contributed by atoms with Gasteiger partial charge in [-0.15, -0.1) is 0 Å². The number of alkyl carbamates (subject to hydrolysis) is 1. The van der Waals surface area contributed by atoms with Crippen LogP contribution in [0.5, 0.6) is 5.88 Å². The van der Waals surface area contributed by atoms with Crippen molar-refractivity contribution < 1.29 is 54.7 Å². The molecule has 2 aliphatic carbocycles. The molecule has 2 aromatic heterocycles. The third-order valence-electron chi connectivity index (χ3n) is 12.1. The number of benzene rings is 2. The Kier molecular flexibility index (Phi) is 11.2. The van der Waals surface area contributed by atoms with Crippen molar-refractivity contribution in [3.8, 4) is 17.3 Å². The Hall–Kier alpha value is -5.72. The van der Waals surface area contributed by atoms with Crippen LogP contribution in [0.2, 0.25) is 0 Å². The maximum Gasteiger partial charge on any atom is 0.416 e. The number of nitrogens with one attached hydrogen (secondary N) is 3. The molecule has 19 heteroatoms. The Morgan fingerprint density at radius 1 is 1.00 bits per heavy atom. The number of carbonyl (C=O) groups excluding carboxylic acids is 4. The zero-order valence-corrected chi connectivity index (χ0v) is 36.0. The first-order valence-electron chi connectivity index (χ1n) is 21.1. The molecule has 2 saturated carbocycles. The number of allylic oxidation sites excluding steroid dienone is 1. The van der Waals surface area contributed by atoms with Crippen LogP contribution in [0.15, 0.2) is 65.1 Å². The van der Waals surface area contributed by atoms with Gasteiger partial charge >= 0.3 is 12.3 Å². The highest BCUT2D eigenvalue weighted by atomic mass is 32.2. The van der Waals surface area contributed by atoms with Gasteiger partial charge in [-0.25, -0.2) is 18.2 Å². The zero-order valence-electron chi connectivity index (χ0n) is 35.2. The number of hydrogen-bond acceptors (Lipinski definition) is 11. The molecule has 4 aliphatic rings. The molecule has 2 aliphatic heterocycles. The molecular formula is C44H49F3N6O9S. The number of hydrogen-bond donors (Lipinski definition) is 3. The van der Waals surface area contributed by atoms with Gasteiger partial charge in [0.2, 0.25) is 27.4 Å². The summed E-state index contributed by atoms with van der Waals surface area (Å²) in [4.78, 5) is 67.0. The summed E-state index contributed by atoms with van der Waals surface area (Å²) in [6, 6.07) is 8.87. The van der Waals surface area contributed by atoms with E-state index in [1.807, 2.05) is 12.2 Å². The molecule has 4 heterocycles. The normalized spacial score (nSPS) is 25.8. The fourth-order valence-electron chi connectivity index (χ4n) is 8.14. The maximum absolute atomic E-state index is 14.7. The highest BCUT2D eigenvalue weighted by Crippen LogP contribution is 2.48. The van der Waals surface area contributed by atoms with Crippen molar-refractivity contribution in [1.82, 2.24) is 30.2 Å². The monoisotopic (exact) mass is 894 g/mol. The van der Waals surface area contributed by atoms with Crippen LogP contribution >= 0.6 is 0 Å². The Labute approximate surface area is 361 Å². The van der Waals surface area contributed by atoms with E-state index in [1.165, 1.54) is 17.0 Å². The number of ether oxygens (including phenoxy) is 2. The molecule has 4 amide bonds. The number of alkyl halides is 3. The predicted molar refractivity (Wildman–Crippen MR) is 223 cm³/mol. The Morgan fingerprint density at radius 3 is 2.43 bits per heavy atom. The van der Waals surface area contributed by atoms with Gasteiger partial charge in [-0.3, -0.25) is 19.1 Å². The van der Waals surface area contributed by atoms with Crippen molar-refractivity contribution >= 4 is 55.9 Å². The van der Waals surface area contributed by atoms with Crippen LogP contribution in [0, 0.1) is 5.92 Å². The van der Waals surface area contributed by atoms with Crippen molar-refractivity contribution in [3.05, 3.63) is 66.2 Å². The summed E-state index contributed by atoms with van der Waals surface area (Å²) < 4.78 is 86.2. The minimum Gasteiger partial charge on any atom is -0.470 e. The summed E-state index contributed by atoms with van der Waals surface area (Å²) >= 11 is 0. The number of rotatable bonds is 7. The molecular weight excluding hydrogens is 846 g/mol. The number of nitrogens with zero attached hydrogens (tertiary/aromatic N) is 3. The van der Waals surface area contributed by atoms with Gasteiger partial charge in [0.25, 0.3) is 11.8 Å². The second-order valence-electron chi connectivity index (χ2n) is 18.1. The van der Waals surface area contributed by atoms with E-state index in [2.05, 4.69) is 25.3 Å².